The summed E-state index contributed by atoms with van der Waals surface area (Å²) in [4.78, 5) is 28.8. The molecule has 3 aromatic carbocycles. The molecule has 4 aromatic rings. The van der Waals surface area contributed by atoms with Crippen LogP contribution < -0.4 is 10.2 Å². The van der Waals surface area contributed by atoms with Crippen molar-refractivity contribution >= 4 is 28.3 Å². The average Bonchev–Trinajstić information content (AvgIpc) is 3.43. The summed E-state index contributed by atoms with van der Waals surface area (Å²) < 4.78 is 25.2. The van der Waals surface area contributed by atoms with E-state index in [1.807, 2.05) is 32.0 Å². The van der Waals surface area contributed by atoms with Crippen molar-refractivity contribution in [3.8, 4) is 22.5 Å². The Labute approximate surface area is 259 Å². The normalized spacial score (nSPS) is 21.6. The Morgan fingerprint density at radius 2 is 1.64 bits per heavy atom. The maximum Gasteiger partial charge on any atom is 0.251 e. The maximum absolute atomic E-state index is 13.7. The number of hydrogen-bond donors (Lipinski definition) is 5. The van der Waals surface area contributed by atoms with Gasteiger partial charge in [0.2, 0.25) is 0 Å². The van der Waals surface area contributed by atoms with Crippen LogP contribution in [0.25, 0.3) is 33.4 Å². The zero-order chi connectivity index (χ0) is 32.4. The number of carbonyl (C=O) groups is 2. The van der Waals surface area contributed by atoms with Gasteiger partial charge in [-0.05, 0) is 61.9 Å². The Hall–Kier alpha value is -4.13. The highest BCUT2D eigenvalue weighted by molar-refractivity contribution is 6.13. The Kier molecular flexibility index (Phi) is 9.66. The van der Waals surface area contributed by atoms with Crippen LogP contribution in [0.2, 0.25) is 0 Å². The van der Waals surface area contributed by atoms with Gasteiger partial charge in [0.05, 0.1) is 12.2 Å². The number of benzene rings is 3. The lowest BCUT2D eigenvalue weighted by atomic mass is 9.94. The van der Waals surface area contributed by atoms with E-state index < -0.39 is 49.0 Å². The SMILES string of the molecule is CCC(=O)c1c(-c2ccc(F)cc2)oc2cc(N(CC)CC)c(-c3cccc(C(=O)N[C@H]4C(O)O[C@H](CO)[C@@H](O)[C@@H]4O)c3)cc12. The van der Waals surface area contributed by atoms with Crippen LogP contribution in [-0.4, -0.2) is 82.5 Å². The van der Waals surface area contributed by atoms with Gasteiger partial charge in [-0.25, -0.2) is 4.39 Å². The average molecular weight is 621 g/mol. The second kappa shape index (κ2) is 13.5. The number of ketones is 1. The van der Waals surface area contributed by atoms with Crippen LogP contribution in [0, 0.1) is 5.82 Å². The second-order valence-electron chi connectivity index (χ2n) is 10.9. The van der Waals surface area contributed by atoms with E-state index in [1.54, 1.807) is 37.3 Å². The molecule has 0 saturated carbocycles. The molecule has 1 aliphatic rings. The van der Waals surface area contributed by atoms with Crippen molar-refractivity contribution in [3.05, 3.63) is 77.6 Å². The summed E-state index contributed by atoms with van der Waals surface area (Å²) in [5.74, 6) is -0.823. The summed E-state index contributed by atoms with van der Waals surface area (Å²) >= 11 is 0. The Balaban J connectivity index is 1.60. The van der Waals surface area contributed by atoms with Crippen molar-refractivity contribution in [1.29, 1.82) is 0 Å². The molecule has 1 saturated heterocycles. The van der Waals surface area contributed by atoms with Crippen molar-refractivity contribution in [2.75, 3.05) is 24.6 Å². The fourth-order valence-electron chi connectivity index (χ4n) is 5.76. The molecule has 11 heteroatoms. The number of amides is 1. The lowest BCUT2D eigenvalue weighted by Crippen LogP contribution is -2.64. The van der Waals surface area contributed by atoms with Gasteiger partial charge in [-0.2, -0.15) is 0 Å². The number of carbonyl (C=O) groups excluding carboxylic acids is 2. The highest BCUT2D eigenvalue weighted by Crippen LogP contribution is 2.41. The third kappa shape index (κ3) is 6.22. The molecule has 10 nitrogen and oxygen atoms in total. The van der Waals surface area contributed by atoms with E-state index in [-0.39, 0.29) is 17.8 Å². The zero-order valence-corrected chi connectivity index (χ0v) is 25.2. The number of ether oxygens (including phenoxy) is 1. The van der Waals surface area contributed by atoms with Crippen LogP contribution in [0.3, 0.4) is 0 Å². The number of aliphatic hydroxyl groups is 4. The summed E-state index contributed by atoms with van der Waals surface area (Å²) in [7, 11) is 0. The topological polar surface area (TPSA) is 153 Å². The van der Waals surface area contributed by atoms with Gasteiger partial charge in [0, 0.05) is 53.3 Å². The van der Waals surface area contributed by atoms with Gasteiger partial charge in [-0.3, -0.25) is 9.59 Å². The summed E-state index contributed by atoms with van der Waals surface area (Å²) in [6.07, 6.45) is -5.73. The number of nitrogens with one attached hydrogen (secondary N) is 1. The molecule has 1 aromatic heterocycles. The van der Waals surface area contributed by atoms with Gasteiger partial charge < -0.3 is 39.8 Å². The van der Waals surface area contributed by atoms with E-state index in [4.69, 9.17) is 9.15 Å². The molecule has 1 amide bonds. The van der Waals surface area contributed by atoms with Gasteiger partial charge in [0.25, 0.3) is 5.91 Å². The molecular weight excluding hydrogens is 583 g/mol. The molecule has 238 valence electrons. The molecule has 0 aliphatic carbocycles. The van der Waals surface area contributed by atoms with Gasteiger partial charge in [0.15, 0.2) is 12.1 Å². The highest BCUT2D eigenvalue weighted by atomic mass is 19.1. The quantitative estimate of drug-likeness (QED) is 0.166. The van der Waals surface area contributed by atoms with E-state index in [0.29, 0.717) is 46.5 Å². The zero-order valence-electron chi connectivity index (χ0n) is 25.2. The molecule has 5 atom stereocenters. The molecule has 0 spiro atoms. The standard InChI is InChI=1S/C34H37FN2O8/c1-4-25(39)28-23-15-22(24(37(5-2)6-3)16-26(23)44-32(28)18-10-12-21(35)13-11-18)19-8-7-9-20(14-19)33(42)36-29-31(41)30(40)27(17-38)45-34(29)43/h7-16,27,29-31,34,38,40-41,43H,4-6,17H2,1-3H3,(H,36,42)/t27-,29-,30-,31-,34?/m1/s1. The van der Waals surface area contributed by atoms with Crippen LogP contribution in [-0.2, 0) is 4.74 Å². The first-order chi connectivity index (χ1) is 21.6. The molecule has 1 fully saturated rings. The monoisotopic (exact) mass is 620 g/mol. The minimum atomic E-state index is -1.66. The first kappa shape index (κ1) is 32.3. The molecule has 5 N–H and O–H groups in total. The molecule has 1 aliphatic heterocycles. The predicted molar refractivity (Wildman–Crippen MR) is 166 cm³/mol. The number of fused-ring (bicyclic) bond motifs is 1. The van der Waals surface area contributed by atoms with Gasteiger partial charge in [-0.1, -0.05) is 19.1 Å². The number of aliphatic hydroxyl groups excluding tert-OH is 4. The predicted octanol–water partition coefficient (Wildman–Crippen LogP) is 3.87. The lowest BCUT2D eigenvalue weighted by Gasteiger charge is -2.40. The molecular formula is C34H37FN2O8. The van der Waals surface area contributed by atoms with Gasteiger partial charge in [0.1, 0.15) is 41.5 Å². The van der Waals surface area contributed by atoms with Crippen LogP contribution in [0.4, 0.5) is 10.1 Å². The smallest absolute Gasteiger partial charge is 0.251 e. The molecule has 1 unspecified atom stereocenters. The number of furan rings is 1. The Bertz CT molecular complexity index is 1680. The minimum absolute atomic E-state index is 0.139. The third-order valence-electron chi connectivity index (χ3n) is 8.25. The second-order valence-corrected chi connectivity index (χ2v) is 10.9. The maximum atomic E-state index is 13.7. The Morgan fingerprint density at radius 3 is 2.29 bits per heavy atom. The molecule has 0 bridgehead atoms. The molecule has 0 radical (unpaired) electrons. The van der Waals surface area contributed by atoms with Crippen LogP contribution in [0.5, 0.6) is 0 Å². The van der Waals surface area contributed by atoms with E-state index in [2.05, 4.69) is 10.2 Å². The first-order valence-electron chi connectivity index (χ1n) is 15.0. The number of halogens is 1. The number of rotatable bonds is 10. The van der Waals surface area contributed by atoms with Crippen LogP contribution in [0.15, 0.2) is 65.1 Å². The number of hydrogen-bond acceptors (Lipinski definition) is 9. The fraction of sp³-hybridized carbons (Fsp3) is 0.353. The number of Topliss-reactive ketones (excluding diaryl/α,β-unsaturated/α-hetero) is 1. The van der Waals surface area contributed by atoms with Crippen molar-refractivity contribution < 1.29 is 43.6 Å². The number of anilines is 1. The minimum Gasteiger partial charge on any atom is -0.455 e. The van der Waals surface area contributed by atoms with Gasteiger partial charge >= 0.3 is 0 Å². The summed E-state index contributed by atoms with van der Waals surface area (Å²) in [6, 6.07) is 14.9. The fourth-order valence-corrected chi connectivity index (χ4v) is 5.76. The van der Waals surface area contributed by atoms with Gasteiger partial charge in [-0.15, -0.1) is 0 Å². The van der Waals surface area contributed by atoms with Crippen LogP contribution >= 0.6 is 0 Å². The summed E-state index contributed by atoms with van der Waals surface area (Å²) in [5, 5.41) is 43.5. The van der Waals surface area contributed by atoms with E-state index in [0.717, 1.165) is 11.3 Å². The van der Waals surface area contributed by atoms with Crippen molar-refractivity contribution in [1.82, 2.24) is 5.32 Å². The van der Waals surface area contributed by atoms with Crippen molar-refractivity contribution in [2.45, 2.75) is 57.8 Å². The Morgan fingerprint density at radius 1 is 0.933 bits per heavy atom. The molecule has 5 rings (SSSR count). The van der Waals surface area contributed by atoms with E-state index in [1.165, 1.54) is 12.1 Å². The van der Waals surface area contributed by atoms with Crippen molar-refractivity contribution in [3.63, 3.8) is 0 Å². The first-order valence-corrected chi connectivity index (χ1v) is 15.0. The molecule has 2 heterocycles. The lowest BCUT2D eigenvalue weighted by molar-refractivity contribution is -0.252. The van der Waals surface area contributed by atoms with Crippen molar-refractivity contribution in [2.24, 2.45) is 0 Å². The highest BCUT2D eigenvalue weighted by Gasteiger charge is 2.44. The third-order valence-corrected chi connectivity index (χ3v) is 8.25. The summed E-state index contributed by atoms with van der Waals surface area (Å²) in [5.41, 5.74) is 3.86. The summed E-state index contributed by atoms with van der Waals surface area (Å²) in [6.45, 7) is 6.49. The van der Waals surface area contributed by atoms with E-state index >= 15 is 0 Å². The largest absolute Gasteiger partial charge is 0.455 e. The molecule has 45 heavy (non-hydrogen) atoms. The van der Waals surface area contributed by atoms with E-state index in [9.17, 15) is 34.4 Å². The number of nitrogens with zero attached hydrogens (tertiary/aromatic N) is 1. The van der Waals surface area contributed by atoms with Crippen LogP contribution in [0.1, 0.15) is 47.9 Å².